The molecular weight excluding hydrogens is 262 g/mol. The molecule has 1 amide bonds. The molecule has 2 aromatic rings. The van der Waals surface area contributed by atoms with Crippen LogP contribution >= 0.6 is 0 Å². The van der Waals surface area contributed by atoms with Gasteiger partial charge in [0.05, 0.1) is 0 Å². The number of nitrogens with one attached hydrogen (secondary N) is 1. The van der Waals surface area contributed by atoms with Crippen molar-refractivity contribution in [1.82, 2.24) is 0 Å². The van der Waals surface area contributed by atoms with Gasteiger partial charge >= 0.3 is 0 Å². The van der Waals surface area contributed by atoms with E-state index in [0.29, 0.717) is 6.42 Å². The molecule has 0 aliphatic heterocycles. The van der Waals surface area contributed by atoms with Crippen LogP contribution < -0.4 is 5.32 Å². The second-order valence-corrected chi connectivity index (χ2v) is 4.85. The number of aliphatic hydroxyl groups is 1. The van der Waals surface area contributed by atoms with Crippen LogP contribution in [0.4, 0.5) is 5.69 Å². The topological polar surface area (TPSA) is 49.3 Å². The first-order chi connectivity index (χ1) is 10.2. The highest BCUT2D eigenvalue weighted by Gasteiger charge is 2.01. The van der Waals surface area contributed by atoms with Gasteiger partial charge in [0.25, 0.3) is 0 Å². The number of allylic oxidation sites excluding steroid dienone is 1. The number of amides is 1. The summed E-state index contributed by atoms with van der Waals surface area (Å²) in [5.41, 5.74) is 3.75. The van der Waals surface area contributed by atoms with Gasteiger partial charge in [0, 0.05) is 18.4 Å². The van der Waals surface area contributed by atoms with Gasteiger partial charge in [-0.05, 0) is 42.2 Å². The smallest absolute Gasteiger partial charge is 0.248 e. The molecule has 3 nitrogen and oxygen atoms in total. The summed E-state index contributed by atoms with van der Waals surface area (Å²) in [7, 11) is 0. The van der Waals surface area contributed by atoms with Gasteiger partial charge in [0.2, 0.25) is 5.91 Å². The van der Waals surface area contributed by atoms with Gasteiger partial charge in [-0.2, -0.15) is 0 Å². The largest absolute Gasteiger partial charge is 0.396 e. The molecule has 0 radical (unpaired) electrons. The molecule has 0 unspecified atom stereocenters. The summed E-state index contributed by atoms with van der Waals surface area (Å²) in [5.74, 6) is -0.147. The molecule has 0 fully saturated rings. The van der Waals surface area contributed by atoms with Crippen molar-refractivity contribution < 1.29 is 9.90 Å². The number of hydrogen-bond donors (Lipinski definition) is 2. The Balaban J connectivity index is 2.01. The highest BCUT2D eigenvalue weighted by molar-refractivity contribution is 6.03. The molecule has 21 heavy (non-hydrogen) atoms. The van der Waals surface area contributed by atoms with Crippen molar-refractivity contribution in [3.05, 3.63) is 71.8 Å². The maximum atomic E-state index is 12.0. The Hall–Kier alpha value is -2.39. The molecule has 0 bridgehead atoms. The second-order valence-electron chi connectivity index (χ2n) is 4.85. The van der Waals surface area contributed by atoms with Gasteiger partial charge in [0.15, 0.2) is 0 Å². The van der Waals surface area contributed by atoms with Gasteiger partial charge in [-0.25, -0.2) is 0 Å². The minimum Gasteiger partial charge on any atom is -0.396 e. The number of benzene rings is 2. The molecule has 108 valence electrons. The van der Waals surface area contributed by atoms with Gasteiger partial charge in [-0.1, -0.05) is 42.5 Å². The lowest BCUT2D eigenvalue weighted by Gasteiger charge is -2.05. The Kier molecular flexibility index (Phi) is 5.29. The number of carbonyl (C=O) groups is 1. The van der Waals surface area contributed by atoms with E-state index < -0.39 is 0 Å². The van der Waals surface area contributed by atoms with Crippen molar-refractivity contribution in [2.24, 2.45) is 0 Å². The van der Waals surface area contributed by atoms with Crippen LogP contribution in [0.3, 0.4) is 0 Å². The summed E-state index contributed by atoms with van der Waals surface area (Å²) in [6.07, 6.45) is 2.22. The molecule has 0 aliphatic carbocycles. The van der Waals surface area contributed by atoms with Crippen LogP contribution in [0.25, 0.3) is 5.57 Å². The summed E-state index contributed by atoms with van der Waals surface area (Å²) >= 11 is 0. The lowest BCUT2D eigenvalue weighted by molar-refractivity contribution is -0.111. The van der Waals surface area contributed by atoms with E-state index >= 15 is 0 Å². The standard InChI is InChI=1S/C18H19NO2/c1-14(16-5-3-2-4-6-16)13-18(21)19-17-9-7-15(8-10-17)11-12-20/h2-10,13,20H,11-12H2,1H3,(H,19,21). The van der Waals surface area contributed by atoms with E-state index in [1.165, 1.54) is 0 Å². The molecule has 0 saturated carbocycles. The summed E-state index contributed by atoms with van der Waals surface area (Å²) in [6.45, 7) is 2.05. The molecule has 3 heteroatoms. The summed E-state index contributed by atoms with van der Waals surface area (Å²) in [6, 6.07) is 17.3. The molecule has 0 atom stereocenters. The Bertz CT molecular complexity index is 615. The average molecular weight is 281 g/mol. The predicted molar refractivity (Wildman–Crippen MR) is 86.0 cm³/mol. The average Bonchev–Trinajstić information content (AvgIpc) is 2.50. The number of aliphatic hydroxyl groups excluding tert-OH is 1. The fourth-order valence-electron chi connectivity index (χ4n) is 2.04. The maximum absolute atomic E-state index is 12.0. The Morgan fingerprint density at radius 2 is 1.76 bits per heavy atom. The van der Waals surface area contributed by atoms with Crippen LogP contribution in [0.2, 0.25) is 0 Å². The van der Waals surface area contributed by atoms with Crippen LogP contribution in [-0.2, 0) is 11.2 Å². The minimum absolute atomic E-state index is 0.130. The lowest BCUT2D eigenvalue weighted by atomic mass is 10.1. The van der Waals surface area contributed by atoms with E-state index in [9.17, 15) is 4.79 Å². The number of carbonyl (C=O) groups excluding carboxylic acids is 1. The fraction of sp³-hybridized carbons (Fsp3) is 0.167. The SMILES string of the molecule is CC(=CC(=O)Nc1ccc(CCO)cc1)c1ccccc1. The number of anilines is 1. The van der Waals surface area contributed by atoms with Crippen LogP contribution in [0, 0.1) is 0 Å². The molecule has 0 saturated heterocycles. The van der Waals surface area contributed by atoms with Gasteiger partial charge in [-0.3, -0.25) is 4.79 Å². The molecule has 0 aromatic heterocycles. The fourth-order valence-corrected chi connectivity index (χ4v) is 2.04. The van der Waals surface area contributed by atoms with E-state index in [1.807, 2.05) is 61.5 Å². The summed E-state index contributed by atoms with van der Waals surface area (Å²) < 4.78 is 0. The molecule has 2 aromatic carbocycles. The van der Waals surface area contributed by atoms with Crippen molar-refractivity contribution in [2.75, 3.05) is 11.9 Å². The van der Waals surface area contributed by atoms with Crippen molar-refractivity contribution >= 4 is 17.2 Å². The predicted octanol–water partition coefficient (Wildman–Crippen LogP) is 3.26. The van der Waals surface area contributed by atoms with Gasteiger partial charge in [-0.15, -0.1) is 0 Å². The molecular formula is C18H19NO2. The lowest BCUT2D eigenvalue weighted by Crippen LogP contribution is -2.08. The van der Waals surface area contributed by atoms with E-state index in [0.717, 1.165) is 22.4 Å². The van der Waals surface area contributed by atoms with Crippen LogP contribution in [-0.4, -0.2) is 17.6 Å². The number of rotatable bonds is 5. The van der Waals surface area contributed by atoms with Crippen molar-refractivity contribution in [3.8, 4) is 0 Å². The molecule has 2 N–H and O–H groups in total. The minimum atomic E-state index is -0.147. The molecule has 2 rings (SSSR count). The monoisotopic (exact) mass is 281 g/mol. The third-order valence-corrected chi connectivity index (χ3v) is 3.20. The highest BCUT2D eigenvalue weighted by atomic mass is 16.2. The molecule has 0 heterocycles. The third-order valence-electron chi connectivity index (χ3n) is 3.20. The normalized spacial score (nSPS) is 11.2. The molecule has 0 aliphatic rings. The van der Waals surface area contributed by atoms with E-state index in [4.69, 9.17) is 5.11 Å². The third kappa shape index (κ3) is 4.58. The Morgan fingerprint density at radius 1 is 1.10 bits per heavy atom. The van der Waals surface area contributed by atoms with E-state index in [-0.39, 0.29) is 12.5 Å². The summed E-state index contributed by atoms with van der Waals surface area (Å²) in [5, 5.41) is 11.7. The second kappa shape index (κ2) is 7.41. The maximum Gasteiger partial charge on any atom is 0.248 e. The van der Waals surface area contributed by atoms with Gasteiger partial charge < -0.3 is 10.4 Å². The zero-order valence-corrected chi connectivity index (χ0v) is 12.0. The Labute approximate surface area is 124 Å². The summed E-state index contributed by atoms with van der Waals surface area (Å²) in [4.78, 5) is 12.0. The van der Waals surface area contributed by atoms with Crippen molar-refractivity contribution in [3.63, 3.8) is 0 Å². The number of hydrogen-bond acceptors (Lipinski definition) is 2. The van der Waals surface area contributed by atoms with E-state index in [2.05, 4.69) is 5.32 Å². The first kappa shape index (κ1) is 15.0. The first-order valence-electron chi connectivity index (χ1n) is 6.93. The Morgan fingerprint density at radius 3 is 2.38 bits per heavy atom. The van der Waals surface area contributed by atoms with Gasteiger partial charge in [0.1, 0.15) is 0 Å². The quantitative estimate of drug-likeness (QED) is 0.826. The van der Waals surface area contributed by atoms with Crippen LogP contribution in [0.15, 0.2) is 60.7 Å². The zero-order valence-electron chi connectivity index (χ0n) is 12.0. The van der Waals surface area contributed by atoms with E-state index in [1.54, 1.807) is 6.08 Å². The highest BCUT2D eigenvalue weighted by Crippen LogP contribution is 2.14. The van der Waals surface area contributed by atoms with Crippen molar-refractivity contribution in [2.45, 2.75) is 13.3 Å². The first-order valence-corrected chi connectivity index (χ1v) is 6.93. The zero-order chi connectivity index (χ0) is 15.1. The molecule has 0 spiro atoms. The van der Waals surface area contributed by atoms with Crippen LogP contribution in [0.1, 0.15) is 18.1 Å². The van der Waals surface area contributed by atoms with Crippen molar-refractivity contribution in [1.29, 1.82) is 0 Å². The van der Waals surface area contributed by atoms with Crippen LogP contribution in [0.5, 0.6) is 0 Å².